The quantitative estimate of drug-likeness (QED) is 0.881. The number of nitrogens with one attached hydrogen (secondary N) is 1. The van der Waals surface area contributed by atoms with Gasteiger partial charge in [-0.05, 0) is 41.1 Å². The van der Waals surface area contributed by atoms with E-state index in [-0.39, 0.29) is 17.5 Å². The molecule has 0 unspecified atom stereocenters. The van der Waals surface area contributed by atoms with Crippen LogP contribution in [-0.2, 0) is 0 Å². The Kier molecular flexibility index (Phi) is 4.23. The van der Waals surface area contributed by atoms with Crippen molar-refractivity contribution in [1.29, 1.82) is 0 Å². The van der Waals surface area contributed by atoms with Crippen molar-refractivity contribution in [3.8, 4) is 0 Å². The van der Waals surface area contributed by atoms with Crippen LogP contribution >= 0.6 is 15.9 Å². The first kappa shape index (κ1) is 12.1. The van der Waals surface area contributed by atoms with Crippen molar-refractivity contribution in [3.05, 3.63) is 34.1 Å². The summed E-state index contributed by atoms with van der Waals surface area (Å²) in [6.45, 7) is 2.14. The van der Waals surface area contributed by atoms with Crippen LogP contribution in [-0.4, -0.2) is 18.5 Å². The number of halogens is 2. The van der Waals surface area contributed by atoms with Crippen molar-refractivity contribution in [2.45, 2.75) is 13.0 Å². The van der Waals surface area contributed by atoms with Gasteiger partial charge in [0.1, 0.15) is 5.82 Å². The number of rotatable bonds is 3. The predicted molar refractivity (Wildman–Crippen MR) is 60.1 cm³/mol. The number of hydrogen-bond acceptors (Lipinski definition) is 2. The number of carbonyl (C=O) groups excluding carboxylic acids is 1. The Morgan fingerprint density at radius 2 is 2.33 bits per heavy atom. The van der Waals surface area contributed by atoms with Gasteiger partial charge in [0.05, 0.1) is 4.47 Å². The summed E-state index contributed by atoms with van der Waals surface area (Å²) >= 11 is 3.02. The highest BCUT2D eigenvalue weighted by Crippen LogP contribution is 2.16. The third-order valence-electron chi connectivity index (χ3n) is 1.91. The molecule has 82 valence electrons. The molecule has 3 N–H and O–H groups in total. The van der Waals surface area contributed by atoms with E-state index in [0.717, 1.165) is 0 Å². The van der Waals surface area contributed by atoms with Gasteiger partial charge < -0.3 is 11.1 Å². The second-order valence-electron chi connectivity index (χ2n) is 3.24. The molecule has 1 atom stereocenters. The fourth-order valence-electron chi connectivity index (χ4n) is 1.00. The van der Waals surface area contributed by atoms with Crippen LogP contribution in [0.25, 0.3) is 0 Å². The lowest BCUT2D eigenvalue weighted by atomic mass is 10.2. The molecule has 1 rings (SSSR count). The number of hydrogen-bond donors (Lipinski definition) is 2. The highest BCUT2D eigenvalue weighted by Gasteiger charge is 2.10. The van der Waals surface area contributed by atoms with Gasteiger partial charge in [-0.1, -0.05) is 0 Å². The SMILES string of the molecule is C[C@@H](CN)NC(=O)c1ccc(Br)c(F)c1. The molecule has 5 heteroatoms. The normalized spacial score (nSPS) is 12.3. The fourth-order valence-corrected chi connectivity index (χ4v) is 1.25. The maximum Gasteiger partial charge on any atom is 0.251 e. The molecule has 0 spiro atoms. The second kappa shape index (κ2) is 5.23. The maximum atomic E-state index is 13.1. The zero-order chi connectivity index (χ0) is 11.4. The zero-order valence-electron chi connectivity index (χ0n) is 8.26. The number of carbonyl (C=O) groups is 1. The van der Waals surface area contributed by atoms with Gasteiger partial charge in [0.15, 0.2) is 0 Å². The largest absolute Gasteiger partial charge is 0.348 e. The van der Waals surface area contributed by atoms with Gasteiger partial charge in [0.25, 0.3) is 5.91 Å². The predicted octanol–water partition coefficient (Wildman–Crippen LogP) is 1.67. The molecule has 0 aromatic heterocycles. The van der Waals surface area contributed by atoms with Crippen LogP contribution in [0.5, 0.6) is 0 Å². The average Bonchev–Trinajstić information content (AvgIpc) is 2.21. The Bertz CT molecular complexity index is 370. The summed E-state index contributed by atoms with van der Waals surface area (Å²) in [5.74, 6) is -0.776. The highest BCUT2D eigenvalue weighted by molar-refractivity contribution is 9.10. The summed E-state index contributed by atoms with van der Waals surface area (Å²) < 4.78 is 13.4. The van der Waals surface area contributed by atoms with E-state index in [0.29, 0.717) is 11.0 Å². The first-order chi connectivity index (χ1) is 7.04. The molecule has 0 aliphatic carbocycles. The molecule has 15 heavy (non-hydrogen) atoms. The van der Waals surface area contributed by atoms with Crippen LogP contribution in [0.15, 0.2) is 22.7 Å². The fraction of sp³-hybridized carbons (Fsp3) is 0.300. The van der Waals surface area contributed by atoms with Crippen molar-refractivity contribution in [2.24, 2.45) is 5.73 Å². The summed E-state index contributed by atoms with van der Waals surface area (Å²) in [6, 6.07) is 4.11. The van der Waals surface area contributed by atoms with E-state index in [2.05, 4.69) is 21.2 Å². The van der Waals surface area contributed by atoms with Crippen molar-refractivity contribution in [3.63, 3.8) is 0 Å². The standard InChI is InChI=1S/C10H12BrFN2O/c1-6(5-13)14-10(15)7-2-3-8(11)9(12)4-7/h2-4,6H,5,13H2,1H3,(H,14,15)/t6-/m0/s1. The number of nitrogens with two attached hydrogens (primary N) is 1. The molecule has 0 heterocycles. The molecule has 0 radical (unpaired) electrons. The van der Waals surface area contributed by atoms with E-state index >= 15 is 0 Å². The van der Waals surface area contributed by atoms with E-state index in [4.69, 9.17) is 5.73 Å². The van der Waals surface area contributed by atoms with Crippen molar-refractivity contribution in [2.75, 3.05) is 6.54 Å². The third-order valence-corrected chi connectivity index (χ3v) is 2.56. The number of benzene rings is 1. The van der Waals surface area contributed by atoms with Gasteiger partial charge >= 0.3 is 0 Å². The van der Waals surface area contributed by atoms with Crippen LogP contribution < -0.4 is 11.1 Å². The third kappa shape index (κ3) is 3.28. The minimum atomic E-state index is -0.456. The van der Waals surface area contributed by atoms with Gasteiger partial charge in [-0.2, -0.15) is 0 Å². The maximum absolute atomic E-state index is 13.1. The molecule has 0 saturated carbocycles. The van der Waals surface area contributed by atoms with Gasteiger partial charge in [0.2, 0.25) is 0 Å². The zero-order valence-corrected chi connectivity index (χ0v) is 9.84. The van der Waals surface area contributed by atoms with Crippen LogP contribution in [0.1, 0.15) is 17.3 Å². The van der Waals surface area contributed by atoms with Gasteiger partial charge in [0, 0.05) is 18.2 Å². The molecule has 0 aliphatic heterocycles. The summed E-state index contributed by atoms with van der Waals surface area (Å²) in [6.07, 6.45) is 0. The molecule has 0 saturated heterocycles. The van der Waals surface area contributed by atoms with E-state index in [1.165, 1.54) is 12.1 Å². The van der Waals surface area contributed by atoms with E-state index in [1.807, 2.05) is 0 Å². The second-order valence-corrected chi connectivity index (χ2v) is 4.09. The lowest BCUT2D eigenvalue weighted by Crippen LogP contribution is -2.37. The molecule has 1 aromatic carbocycles. The Labute approximate surface area is 96.0 Å². The van der Waals surface area contributed by atoms with Crippen LogP contribution in [0.2, 0.25) is 0 Å². The summed E-state index contributed by atoms with van der Waals surface area (Å²) in [5.41, 5.74) is 5.64. The molecule has 1 aromatic rings. The van der Waals surface area contributed by atoms with Crippen molar-refractivity contribution < 1.29 is 9.18 Å². The smallest absolute Gasteiger partial charge is 0.251 e. The summed E-state index contributed by atoms with van der Waals surface area (Å²) in [5, 5.41) is 2.65. The van der Waals surface area contributed by atoms with E-state index in [9.17, 15) is 9.18 Å². The minimum absolute atomic E-state index is 0.121. The monoisotopic (exact) mass is 274 g/mol. The minimum Gasteiger partial charge on any atom is -0.348 e. The highest BCUT2D eigenvalue weighted by atomic mass is 79.9. The lowest BCUT2D eigenvalue weighted by Gasteiger charge is -2.11. The molecule has 0 fully saturated rings. The average molecular weight is 275 g/mol. The van der Waals surface area contributed by atoms with Crippen LogP contribution in [0.4, 0.5) is 4.39 Å². The molecular formula is C10H12BrFN2O. The Morgan fingerprint density at radius 1 is 1.67 bits per heavy atom. The molecule has 3 nitrogen and oxygen atoms in total. The van der Waals surface area contributed by atoms with Crippen molar-refractivity contribution >= 4 is 21.8 Å². The Hall–Kier alpha value is -0.940. The summed E-state index contributed by atoms with van der Waals surface area (Å²) in [4.78, 5) is 11.5. The van der Waals surface area contributed by atoms with Gasteiger partial charge in [-0.25, -0.2) is 4.39 Å². The number of amides is 1. The van der Waals surface area contributed by atoms with Crippen LogP contribution in [0.3, 0.4) is 0 Å². The topological polar surface area (TPSA) is 55.1 Å². The van der Waals surface area contributed by atoms with Gasteiger partial charge in [-0.15, -0.1) is 0 Å². The molecular weight excluding hydrogens is 263 g/mol. The van der Waals surface area contributed by atoms with Crippen molar-refractivity contribution in [1.82, 2.24) is 5.32 Å². The Morgan fingerprint density at radius 3 is 2.87 bits per heavy atom. The molecule has 0 bridgehead atoms. The first-order valence-corrected chi connectivity index (χ1v) is 5.30. The van der Waals surface area contributed by atoms with E-state index in [1.54, 1.807) is 13.0 Å². The Balaban J connectivity index is 2.78. The lowest BCUT2D eigenvalue weighted by molar-refractivity contribution is 0.0941. The van der Waals surface area contributed by atoms with Crippen LogP contribution in [0, 0.1) is 5.82 Å². The van der Waals surface area contributed by atoms with E-state index < -0.39 is 5.82 Å². The first-order valence-electron chi connectivity index (χ1n) is 4.50. The molecule has 0 aliphatic rings. The summed E-state index contributed by atoms with van der Waals surface area (Å²) in [7, 11) is 0. The van der Waals surface area contributed by atoms with Gasteiger partial charge in [-0.3, -0.25) is 4.79 Å². The molecule has 1 amide bonds.